The zero-order chi connectivity index (χ0) is 28.2. The zero-order valence-electron chi connectivity index (χ0n) is 22.5. The minimum absolute atomic E-state index is 0.140. The lowest BCUT2D eigenvalue weighted by Crippen LogP contribution is -2.52. The van der Waals surface area contributed by atoms with Crippen LogP contribution >= 0.6 is 0 Å². The molecule has 0 saturated carbocycles. The summed E-state index contributed by atoms with van der Waals surface area (Å²) in [6, 6.07) is 13.4. The number of imide groups is 1. The normalized spacial score (nSPS) is 20.9. The Kier molecular flexibility index (Phi) is 8.16. The fourth-order valence-electron chi connectivity index (χ4n) is 5.67. The van der Waals surface area contributed by atoms with Gasteiger partial charge in [-0.15, -0.1) is 0 Å². The largest absolute Gasteiger partial charge is 0.324 e. The first-order valence-electron chi connectivity index (χ1n) is 13.5. The number of benzene rings is 2. The maximum absolute atomic E-state index is 13.0. The van der Waals surface area contributed by atoms with Crippen molar-refractivity contribution in [3.8, 4) is 0 Å². The molecule has 2 fully saturated rings. The van der Waals surface area contributed by atoms with E-state index in [9.17, 15) is 18.8 Å². The Morgan fingerprint density at radius 1 is 1.15 bits per heavy atom. The van der Waals surface area contributed by atoms with Crippen LogP contribution in [0.2, 0.25) is 0 Å². The molecule has 3 aliphatic heterocycles. The van der Waals surface area contributed by atoms with E-state index in [0.29, 0.717) is 24.4 Å². The minimum atomic E-state index is -0.596. The third-order valence-corrected chi connectivity index (χ3v) is 7.71. The number of halogens is 1. The highest BCUT2D eigenvalue weighted by Crippen LogP contribution is 2.34. The van der Waals surface area contributed by atoms with E-state index in [2.05, 4.69) is 44.4 Å². The summed E-state index contributed by atoms with van der Waals surface area (Å²) in [5.74, 6) is -0.595. The van der Waals surface area contributed by atoms with E-state index in [1.165, 1.54) is 12.5 Å². The van der Waals surface area contributed by atoms with Crippen LogP contribution in [0, 0.1) is 0 Å². The molecule has 3 amide bonds. The molecule has 0 aliphatic carbocycles. The highest BCUT2D eigenvalue weighted by atomic mass is 19.1. The monoisotopic (exact) mass is 544 g/mol. The van der Waals surface area contributed by atoms with Gasteiger partial charge in [-0.05, 0) is 86.8 Å². The molecule has 9 nitrogen and oxygen atoms in total. The average molecular weight is 545 g/mol. The summed E-state index contributed by atoms with van der Waals surface area (Å²) in [4.78, 5) is 48.6. The Hall–Kier alpha value is -4.18. The van der Waals surface area contributed by atoms with Crippen molar-refractivity contribution in [2.75, 3.05) is 18.4 Å². The molecule has 40 heavy (non-hydrogen) atoms. The van der Waals surface area contributed by atoms with Gasteiger partial charge in [0.2, 0.25) is 17.8 Å². The quantitative estimate of drug-likeness (QED) is 0.323. The van der Waals surface area contributed by atoms with Crippen LogP contribution in [0.5, 0.6) is 0 Å². The van der Waals surface area contributed by atoms with Gasteiger partial charge < -0.3 is 10.2 Å². The van der Waals surface area contributed by atoms with Crippen molar-refractivity contribution in [2.45, 2.75) is 57.7 Å². The second-order valence-corrected chi connectivity index (χ2v) is 10.5. The Morgan fingerprint density at radius 3 is 2.67 bits per heavy atom. The summed E-state index contributed by atoms with van der Waals surface area (Å²) in [6.45, 7) is 7.90. The molecule has 1 atom stereocenters. The predicted octanol–water partition coefficient (Wildman–Crippen LogP) is 4.13. The molecule has 3 heterocycles. The number of carbonyl (C=O) groups excluding carboxylic acids is 3. The maximum Gasteiger partial charge on any atom is 0.255 e. The van der Waals surface area contributed by atoms with Crippen molar-refractivity contribution in [1.29, 1.82) is 0 Å². The fourth-order valence-corrected chi connectivity index (χ4v) is 5.67. The molecule has 2 aromatic rings. The van der Waals surface area contributed by atoms with Crippen molar-refractivity contribution in [2.24, 2.45) is 9.98 Å². The molecule has 5 rings (SSSR count). The van der Waals surface area contributed by atoms with Crippen LogP contribution in [0.25, 0.3) is 0 Å². The summed E-state index contributed by atoms with van der Waals surface area (Å²) in [6.07, 6.45) is 3.73. The highest BCUT2D eigenvalue weighted by Gasteiger charge is 2.39. The van der Waals surface area contributed by atoms with E-state index >= 15 is 0 Å². The van der Waals surface area contributed by atoms with Gasteiger partial charge in [-0.2, -0.15) is 0 Å². The molecule has 10 heteroatoms. The van der Waals surface area contributed by atoms with Crippen LogP contribution in [0.4, 0.5) is 10.1 Å². The molecule has 3 aliphatic rings. The van der Waals surface area contributed by atoms with Gasteiger partial charge >= 0.3 is 0 Å². The fraction of sp³-hybridized carbons (Fsp3) is 0.367. The molecule has 1 unspecified atom stereocenters. The highest BCUT2D eigenvalue weighted by molar-refractivity contribution is 6.05. The summed E-state index contributed by atoms with van der Waals surface area (Å²) in [5, 5.41) is 5.42. The van der Waals surface area contributed by atoms with Crippen molar-refractivity contribution < 1.29 is 18.8 Å². The van der Waals surface area contributed by atoms with Gasteiger partial charge in [-0.25, -0.2) is 14.4 Å². The molecule has 208 valence electrons. The number of nitrogens with zero attached hydrogens (tertiary/aromatic N) is 4. The van der Waals surface area contributed by atoms with Crippen molar-refractivity contribution in [3.63, 3.8) is 0 Å². The SMILES string of the molecule is C=N/C(=N\C=C(/C)F)Nc1cccc(CN2CCC(c3ccc4c(c3)CN(C3CCC(=O)NC3=O)C4=O)CC2)c1. The number of likely N-dealkylation sites (tertiary alicyclic amines) is 1. The summed E-state index contributed by atoms with van der Waals surface area (Å²) < 4.78 is 13.0. The first kappa shape index (κ1) is 27.4. The third-order valence-electron chi connectivity index (χ3n) is 7.71. The van der Waals surface area contributed by atoms with Gasteiger partial charge in [0.25, 0.3) is 5.91 Å². The molecule has 2 N–H and O–H groups in total. The van der Waals surface area contributed by atoms with E-state index in [-0.39, 0.29) is 30.1 Å². The number of fused-ring (bicyclic) bond motifs is 1. The van der Waals surface area contributed by atoms with Crippen LogP contribution in [-0.2, 0) is 22.7 Å². The van der Waals surface area contributed by atoms with E-state index < -0.39 is 11.9 Å². The van der Waals surface area contributed by atoms with Gasteiger partial charge in [0.05, 0.1) is 6.20 Å². The molecule has 0 aromatic heterocycles. The second-order valence-electron chi connectivity index (χ2n) is 10.5. The van der Waals surface area contributed by atoms with Crippen molar-refractivity contribution >= 4 is 36.1 Å². The number of piperidine rings is 2. The number of aliphatic imine (C=N–C) groups is 2. The van der Waals surface area contributed by atoms with E-state index in [1.54, 1.807) is 4.90 Å². The Bertz CT molecular complexity index is 1390. The third kappa shape index (κ3) is 6.17. The van der Waals surface area contributed by atoms with Crippen LogP contribution in [0.15, 0.2) is 64.5 Å². The Morgan fingerprint density at radius 2 is 1.95 bits per heavy atom. The summed E-state index contributed by atoms with van der Waals surface area (Å²) in [7, 11) is 0. The molecule has 0 spiro atoms. The number of allylic oxidation sites excluding steroid dienone is 1. The predicted molar refractivity (Wildman–Crippen MR) is 152 cm³/mol. The van der Waals surface area contributed by atoms with Gasteiger partial charge in [0.1, 0.15) is 11.9 Å². The minimum Gasteiger partial charge on any atom is -0.324 e. The molecule has 0 bridgehead atoms. The lowest BCUT2D eigenvalue weighted by atomic mass is 9.87. The Balaban J connectivity index is 1.17. The van der Waals surface area contributed by atoms with Crippen LogP contribution < -0.4 is 10.6 Å². The van der Waals surface area contributed by atoms with Crippen LogP contribution in [0.1, 0.15) is 65.6 Å². The first-order valence-corrected chi connectivity index (χ1v) is 13.5. The van der Waals surface area contributed by atoms with Gasteiger partial charge in [-0.1, -0.05) is 24.3 Å². The molecule has 2 aromatic carbocycles. The molecular formula is C30H33FN6O3. The number of guanidine groups is 1. The number of anilines is 1. The summed E-state index contributed by atoms with van der Waals surface area (Å²) >= 11 is 0. The molecular weight excluding hydrogens is 511 g/mol. The van der Waals surface area contributed by atoms with E-state index in [0.717, 1.165) is 55.5 Å². The molecule has 0 radical (unpaired) electrons. The lowest BCUT2D eigenvalue weighted by molar-refractivity contribution is -0.136. The van der Waals surface area contributed by atoms with Crippen molar-refractivity contribution in [3.05, 3.63) is 76.7 Å². The average Bonchev–Trinajstić information content (AvgIpc) is 3.26. The number of hydrogen-bond acceptors (Lipinski definition) is 5. The summed E-state index contributed by atoms with van der Waals surface area (Å²) in [5.41, 5.74) is 4.78. The maximum atomic E-state index is 13.0. The number of hydrogen-bond donors (Lipinski definition) is 2. The van der Waals surface area contributed by atoms with Gasteiger partial charge in [-0.3, -0.25) is 24.6 Å². The number of amides is 3. The number of carbonyl (C=O) groups is 3. The number of nitrogens with one attached hydrogen (secondary N) is 2. The first-order chi connectivity index (χ1) is 19.3. The zero-order valence-corrected chi connectivity index (χ0v) is 22.5. The smallest absolute Gasteiger partial charge is 0.255 e. The Labute approximate surface area is 232 Å². The lowest BCUT2D eigenvalue weighted by Gasteiger charge is -2.32. The van der Waals surface area contributed by atoms with E-state index in [4.69, 9.17) is 0 Å². The van der Waals surface area contributed by atoms with Crippen LogP contribution in [0.3, 0.4) is 0 Å². The van der Waals surface area contributed by atoms with Crippen LogP contribution in [-0.4, -0.2) is 59.3 Å². The topological polar surface area (TPSA) is 106 Å². The number of rotatable bonds is 6. The standard InChI is InChI=1S/C30H33FN6O3/c1-19(31)16-33-30(32-2)34-24-5-3-4-20(14-24)17-36-12-10-21(11-13-36)22-6-7-25-23(15-22)18-37(29(25)40)26-8-9-27(38)35-28(26)39/h3-7,14-16,21,26H,2,8-13,17-18H2,1H3,(H,33,34)(H,35,38,39)/b19-16+. The second kappa shape index (κ2) is 11.9. The van der Waals surface area contributed by atoms with Gasteiger partial charge in [0.15, 0.2) is 0 Å². The van der Waals surface area contributed by atoms with Gasteiger partial charge in [0, 0.05) is 30.8 Å². The van der Waals surface area contributed by atoms with Crippen molar-refractivity contribution in [1.82, 2.24) is 15.1 Å². The van der Waals surface area contributed by atoms with E-state index in [1.807, 2.05) is 30.3 Å². The molecule has 2 saturated heterocycles.